The minimum absolute atomic E-state index is 0.601. The van der Waals surface area contributed by atoms with Crippen molar-refractivity contribution in [2.75, 3.05) is 19.7 Å². The molecule has 0 aliphatic heterocycles. The Kier molecular flexibility index (Phi) is 5.72. The van der Waals surface area contributed by atoms with E-state index in [9.17, 15) is 0 Å². The van der Waals surface area contributed by atoms with Gasteiger partial charge in [-0.05, 0) is 44.7 Å². The van der Waals surface area contributed by atoms with E-state index in [1.165, 1.54) is 0 Å². The summed E-state index contributed by atoms with van der Waals surface area (Å²) in [7, 11) is 0. The van der Waals surface area contributed by atoms with Crippen molar-refractivity contribution in [1.82, 2.24) is 15.0 Å². The number of benzene rings is 1. The number of aromatic nitrogens is 2. The van der Waals surface area contributed by atoms with Crippen molar-refractivity contribution < 1.29 is 9.26 Å². The van der Waals surface area contributed by atoms with Crippen LogP contribution >= 0.6 is 0 Å². The minimum Gasteiger partial charge on any atom is -0.494 e. The van der Waals surface area contributed by atoms with Crippen LogP contribution in [-0.2, 0) is 6.54 Å². The molecule has 5 nitrogen and oxygen atoms in total. The Hall–Kier alpha value is -2.14. The number of ether oxygens (including phenoxy) is 1. The van der Waals surface area contributed by atoms with Crippen LogP contribution < -0.4 is 4.74 Å². The monoisotopic (exact) mass is 301 g/mol. The molecule has 0 saturated carbocycles. The molecule has 0 aliphatic carbocycles. The third-order valence-corrected chi connectivity index (χ3v) is 3.19. The molecule has 0 amide bonds. The highest BCUT2D eigenvalue weighted by molar-refractivity contribution is 5.55. The van der Waals surface area contributed by atoms with Crippen molar-refractivity contribution >= 4 is 0 Å². The molecule has 118 valence electrons. The molecule has 0 atom stereocenters. The van der Waals surface area contributed by atoms with Crippen molar-refractivity contribution in [1.29, 1.82) is 0 Å². The van der Waals surface area contributed by atoms with E-state index in [1.807, 2.05) is 38.1 Å². The fraction of sp³-hybridized carbons (Fsp3) is 0.412. The van der Waals surface area contributed by atoms with Gasteiger partial charge in [-0.25, -0.2) is 0 Å². The highest BCUT2D eigenvalue weighted by atomic mass is 16.5. The highest BCUT2D eigenvalue weighted by Gasteiger charge is 2.12. The third-order valence-electron chi connectivity index (χ3n) is 3.19. The SMILES string of the molecule is C=C(C)CN(CC)Cc1nc(-c2ccc(OCC)cc2)no1. The van der Waals surface area contributed by atoms with Gasteiger partial charge >= 0.3 is 0 Å². The summed E-state index contributed by atoms with van der Waals surface area (Å²) >= 11 is 0. The molecule has 1 aromatic heterocycles. The van der Waals surface area contributed by atoms with Crippen LogP contribution in [0.15, 0.2) is 40.9 Å². The molecule has 0 fully saturated rings. The first-order chi connectivity index (χ1) is 10.6. The Morgan fingerprint density at radius 1 is 1.27 bits per heavy atom. The first-order valence-corrected chi connectivity index (χ1v) is 7.55. The van der Waals surface area contributed by atoms with Crippen LogP contribution in [0.3, 0.4) is 0 Å². The fourth-order valence-electron chi connectivity index (χ4n) is 2.16. The van der Waals surface area contributed by atoms with E-state index in [0.717, 1.165) is 30.0 Å². The molecule has 5 heteroatoms. The van der Waals surface area contributed by atoms with Gasteiger partial charge in [-0.2, -0.15) is 4.98 Å². The topological polar surface area (TPSA) is 51.4 Å². The van der Waals surface area contributed by atoms with Crippen molar-refractivity contribution in [3.8, 4) is 17.1 Å². The van der Waals surface area contributed by atoms with Gasteiger partial charge in [0.05, 0.1) is 13.2 Å². The average molecular weight is 301 g/mol. The van der Waals surface area contributed by atoms with E-state index in [1.54, 1.807) is 0 Å². The molecule has 0 spiro atoms. The van der Waals surface area contributed by atoms with Crippen LogP contribution in [0.25, 0.3) is 11.4 Å². The lowest BCUT2D eigenvalue weighted by molar-refractivity contribution is 0.252. The summed E-state index contributed by atoms with van der Waals surface area (Å²) in [6.45, 7) is 13.0. The van der Waals surface area contributed by atoms with E-state index < -0.39 is 0 Å². The van der Waals surface area contributed by atoms with Crippen LogP contribution in [0.5, 0.6) is 5.75 Å². The Labute approximate surface area is 131 Å². The van der Waals surface area contributed by atoms with Crippen LogP contribution in [0.2, 0.25) is 0 Å². The van der Waals surface area contributed by atoms with E-state index in [4.69, 9.17) is 9.26 Å². The fourth-order valence-corrected chi connectivity index (χ4v) is 2.16. The lowest BCUT2D eigenvalue weighted by Crippen LogP contribution is -2.24. The second-order valence-electron chi connectivity index (χ2n) is 5.23. The third kappa shape index (κ3) is 4.43. The van der Waals surface area contributed by atoms with E-state index in [-0.39, 0.29) is 0 Å². The van der Waals surface area contributed by atoms with Gasteiger partial charge in [-0.15, -0.1) is 0 Å². The molecular formula is C17H23N3O2. The molecule has 2 aromatic rings. The van der Waals surface area contributed by atoms with Gasteiger partial charge in [-0.3, -0.25) is 4.90 Å². The summed E-state index contributed by atoms with van der Waals surface area (Å²) in [5.74, 6) is 2.06. The smallest absolute Gasteiger partial charge is 0.241 e. The van der Waals surface area contributed by atoms with Crippen LogP contribution in [0.1, 0.15) is 26.7 Å². The maximum absolute atomic E-state index is 5.43. The van der Waals surface area contributed by atoms with Crippen molar-refractivity contribution in [3.63, 3.8) is 0 Å². The zero-order valence-electron chi connectivity index (χ0n) is 13.5. The summed E-state index contributed by atoms with van der Waals surface area (Å²) in [6.07, 6.45) is 0. The predicted molar refractivity (Wildman–Crippen MR) is 86.7 cm³/mol. The van der Waals surface area contributed by atoms with Crippen LogP contribution in [0.4, 0.5) is 0 Å². The quantitative estimate of drug-likeness (QED) is 0.698. The first-order valence-electron chi connectivity index (χ1n) is 7.55. The maximum atomic E-state index is 5.43. The molecule has 0 bridgehead atoms. The van der Waals surface area contributed by atoms with Crippen molar-refractivity contribution in [2.45, 2.75) is 27.3 Å². The normalized spacial score (nSPS) is 10.9. The van der Waals surface area contributed by atoms with E-state index >= 15 is 0 Å². The van der Waals surface area contributed by atoms with Gasteiger partial charge < -0.3 is 9.26 Å². The van der Waals surface area contributed by atoms with Gasteiger partial charge in [0.2, 0.25) is 11.7 Å². The van der Waals surface area contributed by atoms with Gasteiger partial charge in [-0.1, -0.05) is 24.2 Å². The molecular weight excluding hydrogens is 278 g/mol. The Morgan fingerprint density at radius 3 is 2.59 bits per heavy atom. The van der Waals surface area contributed by atoms with E-state index in [2.05, 4.69) is 28.5 Å². The maximum Gasteiger partial charge on any atom is 0.241 e. The van der Waals surface area contributed by atoms with E-state index in [0.29, 0.717) is 24.9 Å². The molecule has 0 aliphatic rings. The number of hydrogen-bond acceptors (Lipinski definition) is 5. The number of likely N-dealkylation sites (N-methyl/N-ethyl adjacent to an activating group) is 1. The molecule has 2 rings (SSSR count). The van der Waals surface area contributed by atoms with Gasteiger partial charge in [0.1, 0.15) is 5.75 Å². The largest absolute Gasteiger partial charge is 0.494 e. The Balaban J connectivity index is 2.05. The summed E-state index contributed by atoms with van der Waals surface area (Å²) in [5, 5.41) is 4.05. The number of rotatable bonds is 8. The lowest BCUT2D eigenvalue weighted by Gasteiger charge is -2.17. The zero-order valence-corrected chi connectivity index (χ0v) is 13.5. The molecule has 0 radical (unpaired) electrons. The van der Waals surface area contributed by atoms with Gasteiger partial charge in [0, 0.05) is 12.1 Å². The van der Waals surface area contributed by atoms with Crippen LogP contribution in [0, 0.1) is 0 Å². The minimum atomic E-state index is 0.601. The molecule has 0 saturated heterocycles. The Morgan fingerprint density at radius 2 is 2.00 bits per heavy atom. The standard InChI is InChI=1S/C17H23N3O2/c1-5-20(11-13(3)4)12-16-18-17(19-22-16)14-7-9-15(10-8-14)21-6-2/h7-10H,3,5-6,11-12H2,1-2,4H3. The molecule has 1 heterocycles. The molecule has 22 heavy (non-hydrogen) atoms. The summed E-state index contributed by atoms with van der Waals surface area (Å²) < 4.78 is 10.8. The summed E-state index contributed by atoms with van der Waals surface area (Å²) in [6, 6.07) is 7.69. The lowest BCUT2D eigenvalue weighted by atomic mass is 10.2. The van der Waals surface area contributed by atoms with Crippen molar-refractivity contribution in [2.24, 2.45) is 0 Å². The van der Waals surface area contributed by atoms with Crippen molar-refractivity contribution in [3.05, 3.63) is 42.3 Å². The summed E-state index contributed by atoms with van der Waals surface area (Å²) in [5.41, 5.74) is 2.04. The predicted octanol–water partition coefficient (Wildman–Crippen LogP) is 3.53. The molecule has 1 aromatic carbocycles. The first kappa shape index (κ1) is 16.2. The molecule has 0 N–H and O–H groups in total. The Bertz CT molecular complexity index is 605. The second kappa shape index (κ2) is 7.75. The number of nitrogens with zero attached hydrogens (tertiary/aromatic N) is 3. The zero-order chi connectivity index (χ0) is 15.9. The summed E-state index contributed by atoms with van der Waals surface area (Å²) in [4.78, 5) is 6.67. The van der Waals surface area contributed by atoms with Crippen LogP contribution in [-0.4, -0.2) is 34.7 Å². The highest BCUT2D eigenvalue weighted by Crippen LogP contribution is 2.20. The average Bonchev–Trinajstić information content (AvgIpc) is 2.96. The molecule has 0 unspecified atom stereocenters. The van der Waals surface area contributed by atoms with Gasteiger partial charge in [0.25, 0.3) is 0 Å². The van der Waals surface area contributed by atoms with Gasteiger partial charge in [0.15, 0.2) is 0 Å². The number of hydrogen-bond donors (Lipinski definition) is 0. The second-order valence-corrected chi connectivity index (χ2v) is 5.23.